The standard InChI is InChI=1S/C11H17N3/c1-11(2,3)14-8-4-5-10(14)9(13)6-7-12/h4-5,8-9H,6,13H2,1-3H3/t9-/m1/s1. The highest BCUT2D eigenvalue weighted by Crippen LogP contribution is 2.22. The van der Waals surface area contributed by atoms with Crippen LogP contribution in [0.2, 0.25) is 0 Å². The molecule has 0 radical (unpaired) electrons. The molecule has 0 amide bonds. The molecule has 0 aliphatic rings. The summed E-state index contributed by atoms with van der Waals surface area (Å²) in [6, 6.07) is 5.86. The first-order valence-corrected chi connectivity index (χ1v) is 4.77. The molecule has 0 aromatic carbocycles. The quantitative estimate of drug-likeness (QED) is 0.778. The van der Waals surface area contributed by atoms with E-state index < -0.39 is 0 Å². The van der Waals surface area contributed by atoms with Crippen molar-refractivity contribution in [2.24, 2.45) is 5.73 Å². The molecule has 2 N–H and O–H groups in total. The maximum Gasteiger partial charge on any atom is 0.0642 e. The minimum Gasteiger partial charge on any atom is -0.345 e. The van der Waals surface area contributed by atoms with Gasteiger partial charge in [0.2, 0.25) is 0 Å². The molecule has 0 bridgehead atoms. The Morgan fingerprint density at radius 2 is 2.21 bits per heavy atom. The molecule has 0 saturated heterocycles. The minimum absolute atomic E-state index is 0.0198. The topological polar surface area (TPSA) is 54.7 Å². The van der Waals surface area contributed by atoms with Crippen LogP contribution in [0.1, 0.15) is 38.9 Å². The first-order valence-electron chi connectivity index (χ1n) is 4.77. The Kier molecular flexibility index (Phi) is 2.97. The van der Waals surface area contributed by atoms with Gasteiger partial charge in [-0.1, -0.05) is 0 Å². The average Bonchev–Trinajstić information content (AvgIpc) is 2.50. The number of hydrogen-bond acceptors (Lipinski definition) is 2. The van der Waals surface area contributed by atoms with Crippen LogP contribution in [0.4, 0.5) is 0 Å². The van der Waals surface area contributed by atoms with E-state index in [0.717, 1.165) is 5.69 Å². The second-order valence-corrected chi connectivity index (χ2v) is 4.44. The number of nitrogens with two attached hydrogens (primary N) is 1. The van der Waals surface area contributed by atoms with Gasteiger partial charge in [0, 0.05) is 17.4 Å². The molecular formula is C11H17N3. The van der Waals surface area contributed by atoms with Gasteiger partial charge in [0.25, 0.3) is 0 Å². The van der Waals surface area contributed by atoms with E-state index in [1.165, 1.54) is 0 Å². The zero-order chi connectivity index (χ0) is 10.8. The molecule has 3 nitrogen and oxygen atoms in total. The van der Waals surface area contributed by atoms with Crippen LogP contribution in [-0.4, -0.2) is 4.57 Å². The lowest BCUT2D eigenvalue weighted by Gasteiger charge is -2.26. The molecule has 1 aromatic rings. The van der Waals surface area contributed by atoms with Gasteiger partial charge in [0.1, 0.15) is 0 Å². The lowest BCUT2D eigenvalue weighted by Crippen LogP contribution is -2.26. The molecule has 0 fully saturated rings. The van der Waals surface area contributed by atoms with Gasteiger partial charge in [0.05, 0.1) is 18.5 Å². The van der Waals surface area contributed by atoms with Gasteiger partial charge in [-0.15, -0.1) is 0 Å². The van der Waals surface area contributed by atoms with E-state index in [4.69, 9.17) is 11.0 Å². The maximum atomic E-state index is 8.59. The van der Waals surface area contributed by atoms with Crippen LogP contribution in [0.3, 0.4) is 0 Å². The fourth-order valence-corrected chi connectivity index (χ4v) is 1.51. The zero-order valence-electron chi connectivity index (χ0n) is 8.99. The van der Waals surface area contributed by atoms with Crippen molar-refractivity contribution in [3.05, 3.63) is 24.0 Å². The highest BCUT2D eigenvalue weighted by Gasteiger charge is 2.18. The summed E-state index contributed by atoms with van der Waals surface area (Å²) < 4.78 is 2.12. The van der Waals surface area contributed by atoms with E-state index >= 15 is 0 Å². The summed E-state index contributed by atoms with van der Waals surface area (Å²) in [5.41, 5.74) is 6.95. The Balaban J connectivity index is 3.00. The molecule has 76 valence electrons. The van der Waals surface area contributed by atoms with Crippen LogP contribution in [-0.2, 0) is 5.54 Å². The maximum absolute atomic E-state index is 8.59. The minimum atomic E-state index is -0.186. The Morgan fingerprint density at radius 1 is 1.57 bits per heavy atom. The summed E-state index contributed by atoms with van der Waals surface area (Å²) in [5.74, 6) is 0. The number of nitrogens with zero attached hydrogens (tertiary/aromatic N) is 2. The highest BCUT2D eigenvalue weighted by molar-refractivity contribution is 5.15. The van der Waals surface area contributed by atoms with E-state index in [1.54, 1.807) is 0 Å². The lowest BCUT2D eigenvalue weighted by molar-refractivity contribution is 0.377. The smallest absolute Gasteiger partial charge is 0.0642 e. The van der Waals surface area contributed by atoms with Crippen molar-refractivity contribution in [2.75, 3.05) is 0 Å². The second kappa shape index (κ2) is 3.85. The predicted molar refractivity (Wildman–Crippen MR) is 56.6 cm³/mol. The van der Waals surface area contributed by atoms with Gasteiger partial charge >= 0.3 is 0 Å². The third-order valence-electron chi connectivity index (χ3n) is 2.19. The summed E-state index contributed by atoms with van der Waals surface area (Å²) in [7, 11) is 0. The van der Waals surface area contributed by atoms with Crippen molar-refractivity contribution in [1.82, 2.24) is 4.57 Å². The van der Waals surface area contributed by atoms with E-state index in [1.807, 2.05) is 18.3 Å². The van der Waals surface area contributed by atoms with E-state index in [2.05, 4.69) is 31.4 Å². The first-order chi connectivity index (χ1) is 6.46. The summed E-state index contributed by atoms with van der Waals surface area (Å²) in [6.07, 6.45) is 2.37. The highest BCUT2D eigenvalue weighted by atomic mass is 15.1. The molecule has 14 heavy (non-hydrogen) atoms. The van der Waals surface area contributed by atoms with Crippen molar-refractivity contribution in [2.45, 2.75) is 38.8 Å². The molecule has 0 unspecified atom stereocenters. The zero-order valence-corrected chi connectivity index (χ0v) is 8.99. The second-order valence-electron chi connectivity index (χ2n) is 4.44. The molecule has 0 spiro atoms. The van der Waals surface area contributed by atoms with Gasteiger partial charge in [-0.25, -0.2) is 0 Å². The fourth-order valence-electron chi connectivity index (χ4n) is 1.51. The molecule has 1 rings (SSSR count). The van der Waals surface area contributed by atoms with Crippen LogP contribution < -0.4 is 5.73 Å². The van der Waals surface area contributed by atoms with Gasteiger partial charge in [-0.3, -0.25) is 0 Å². The summed E-state index contributed by atoms with van der Waals surface area (Å²) >= 11 is 0. The third-order valence-corrected chi connectivity index (χ3v) is 2.19. The average molecular weight is 191 g/mol. The van der Waals surface area contributed by atoms with E-state index in [0.29, 0.717) is 6.42 Å². The number of hydrogen-bond donors (Lipinski definition) is 1. The van der Waals surface area contributed by atoms with Crippen LogP contribution in [0.25, 0.3) is 0 Å². The Hall–Kier alpha value is -1.27. The molecular weight excluding hydrogens is 174 g/mol. The van der Waals surface area contributed by atoms with Crippen molar-refractivity contribution in [3.8, 4) is 6.07 Å². The van der Waals surface area contributed by atoms with Crippen LogP contribution in [0.5, 0.6) is 0 Å². The summed E-state index contributed by atoms with van der Waals surface area (Å²) in [6.45, 7) is 6.36. The molecule has 0 aliphatic heterocycles. The number of nitriles is 1. The van der Waals surface area contributed by atoms with Crippen molar-refractivity contribution >= 4 is 0 Å². The van der Waals surface area contributed by atoms with Gasteiger partial charge in [-0.05, 0) is 32.9 Å². The Morgan fingerprint density at radius 3 is 2.71 bits per heavy atom. The molecule has 1 atom stereocenters. The largest absolute Gasteiger partial charge is 0.345 e. The normalized spacial score (nSPS) is 13.6. The number of aromatic nitrogens is 1. The third kappa shape index (κ3) is 2.15. The molecule has 1 aromatic heterocycles. The Bertz CT molecular complexity index is 338. The van der Waals surface area contributed by atoms with Crippen molar-refractivity contribution in [1.29, 1.82) is 5.26 Å². The van der Waals surface area contributed by atoms with E-state index in [9.17, 15) is 0 Å². The van der Waals surface area contributed by atoms with Crippen LogP contribution in [0, 0.1) is 11.3 Å². The SMILES string of the molecule is CC(C)(C)n1cccc1[C@H](N)CC#N. The lowest BCUT2D eigenvalue weighted by atomic mass is 10.1. The van der Waals surface area contributed by atoms with Crippen LogP contribution in [0.15, 0.2) is 18.3 Å². The van der Waals surface area contributed by atoms with Gasteiger partial charge < -0.3 is 10.3 Å². The van der Waals surface area contributed by atoms with Crippen molar-refractivity contribution in [3.63, 3.8) is 0 Å². The molecule has 0 saturated carbocycles. The fraction of sp³-hybridized carbons (Fsp3) is 0.545. The molecule has 1 heterocycles. The Labute approximate surface area is 85.1 Å². The summed E-state index contributed by atoms with van der Waals surface area (Å²) in [4.78, 5) is 0. The van der Waals surface area contributed by atoms with Crippen molar-refractivity contribution < 1.29 is 0 Å². The first kappa shape index (κ1) is 10.8. The molecule has 0 aliphatic carbocycles. The van der Waals surface area contributed by atoms with Gasteiger partial charge in [-0.2, -0.15) is 5.26 Å². The monoisotopic (exact) mass is 191 g/mol. The van der Waals surface area contributed by atoms with E-state index in [-0.39, 0.29) is 11.6 Å². The predicted octanol–water partition coefficient (Wildman–Crippen LogP) is 2.16. The molecule has 3 heteroatoms. The summed E-state index contributed by atoms with van der Waals surface area (Å²) in [5, 5.41) is 8.59. The van der Waals surface area contributed by atoms with Crippen LogP contribution >= 0.6 is 0 Å². The van der Waals surface area contributed by atoms with Gasteiger partial charge in [0.15, 0.2) is 0 Å². The number of rotatable bonds is 2.